The first-order valence-electron chi connectivity index (χ1n) is 7.66. The highest BCUT2D eigenvalue weighted by Crippen LogP contribution is 2.28. The van der Waals surface area contributed by atoms with E-state index in [1.54, 1.807) is 19.1 Å². The van der Waals surface area contributed by atoms with Crippen LogP contribution in [0.3, 0.4) is 0 Å². The lowest BCUT2D eigenvalue weighted by Crippen LogP contribution is -2.47. The van der Waals surface area contributed by atoms with E-state index < -0.39 is 27.9 Å². The second kappa shape index (κ2) is 7.31. The SMILES string of the molecule is COC(=O)Cc1cccc(S(=O)(=O)N2CC(C(=O)O)CCC2C)c1. The highest BCUT2D eigenvalue weighted by molar-refractivity contribution is 7.89. The van der Waals surface area contributed by atoms with E-state index in [9.17, 15) is 23.1 Å². The average molecular weight is 355 g/mol. The predicted molar refractivity (Wildman–Crippen MR) is 85.9 cm³/mol. The van der Waals surface area contributed by atoms with Crippen molar-refractivity contribution in [3.8, 4) is 0 Å². The summed E-state index contributed by atoms with van der Waals surface area (Å²) in [4.78, 5) is 22.6. The van der Waals surface area contributed by atoms with Gasteiger partial charge in [0.05, 0.1) is 24.3 Å². The standard InChI is InChI=1S/C16H21NO6S/c1-11-6-7-13(16(19)20)10-17(11)24(21,22)14-5-3-4-12(8-14)9-15(18)23-2/h3-5,8,11,13H,6-7,9-10H2,1-2H3,(H,19,20). The lowest BCUT2D eigenvalue weighted by Gasteiger charge is -2.35. The minimum atomic E-state index is -3.82. The Hall–Kier alpha value is -1.93. The van der Waals surface area contributed by atoms with Gasteiger partial charge in [0.25, 0.3) is 0 Å². The van der Waals surface area contributed by atoms with Gasteiger partial charge in [0.2, 0.25) is 10.0 Å². The summed E-state index contributed by atoms with van der Waals surface area (Å²) in [6.45, 7) is 1.73. The summed E-state index contributed by atoms with van der Waals surface area (Å²) in [5.74, 6) is -2.14. The third-order valence-corrected chi connectivity index (χ3v) is 6.23. The average Bonchev–Trinajstić information content (AvgIpc) is 2.55. The van der Waals surface area contributed by atoms with E-state index in [1.165, 1.54) is 23.5 Å². The number of sulfonamides is 1. The van der Waals surface area contributed by atoms with E-state index in [-0.39, 0.29) is 23.9 Å². The largest absolute Gasteiger partial charge is 0.481 e. The monoisotopic (exact) mass is 355 g/mol. The van der Waals surface area contributed by atoms with Crippen LogP contribution in [-0.2, 0) is 30.8 Å². The molecule has 2 unspecified atom stereocenters. The van der Waals surface area contributed by atoms with Gasteiger partial charge in [0.1, 0.15) is 0 Å². The van der Waals surface area contributed by atoms with Crippen molar-refractivity contribution in [1.82, 2.24) is 4.31 Å². The van der Waals surface area contributed by atoms with Crippen LogP contribution < -0.4 is 0 Å². The van der Waals surface area contributed by atoms with Gasteiger partial charge in [-0.05, 0) is 37.5 Å². The number of carbonyl (C=O) groups excluding carboxylic acids is 1. The van der Waals surface area contributed by atoms with Crippen LogP contribution in [0.2, 0.25) is 0 Å². The number of hydrogen-bond acceptors (Lipinski definition) is 5. The quantitative estimate of drug-likeness (QED) is 0.799. The van der Waals surface area contributed by atoms with Gasteiger partial charge in [-0.15, -0.1) is 0 Å². The van der Waals surface area contributed by atoms with Crippen LogP contribution in [0.5, 0.6) is 0 Å². The number of aliphatic carboxylic acids is 1. The molecule has 1 aromatic rings. The van der Waals surface area contributed by atoms with E-state index in [4.69, 9.17) is 0 Å². The molecule has 7 nitrogen and oxygen atoms in total. The Labute approximate surface area is 141 Å². The Bertz CT molecular complexity index is 730. The number of piperidine rings is 1. The van der Waals surface area contributed by atoms with Crippen LogP contribution >= 0.6 is 0 Å². The van der Waals surface area contributed by atoms with Crippen molar-refractivity contribution in [3.05, 3.63) is 29.8 Å². The summed E-state index contributed by atoms with van der Waals surface area (Å²) in [6, 6.07) is 5.83. The Morgan fingerprint density at radius 3 is 2.67 bits per heavy atom. The number of carbonyl (C=O) groups is 2. The number of methoxy groups -OCH3 is 1. The first-order valence-corrected chi connectivity index (χ1v) is 9.10. The van der Waals surface area contributed by atoms with Crippen molar-refractivity contribution in [3.63, 3.8) is 0 Å². The van der Waals surface area contributed by atoms with Gasteiger partial charge < -0.3 is 9.84 Å². The van der Waals surface area contributed by atoms with Gasteiger partial charge in [-0.2, -0.15) is 4.31 Å². The molecule has 8 heteroatoms. The van der Waals surface area contributed by atoms with Crippen LogP contribution in [0.15, 0.2) is 29.2 Å². The summed E-state index contributed by atoms with van der Waals surface area (Å²) in [5, 5.41) is 9.18. The smallest absolute Gasteiger partial charge is 0.309 e. The minimum Gasteiger partial charge on any atom is -0.481 e. The van der Waals surface area contributed by atoms with Gasteiger partial charge in [-0.25, -0.2) is 8.42 Å². The molecule has 0 aliphatic carbocycles. The maximum absolute atomic E-state index is 12.9. The van der Waals surface area contributed by atoms with Gasteiger partial charge >= 0.3 is 11.9 Å². The highest BCUT2D eigenvalue weighted by Gasteiger charge is 2.37. The van der Waals surface area contributed by atoms with Crippen LogP contribution in [0.25, 0.3) is 0 Å². The maximum Gasteiger partial charge on any atom is 0.309 e. The van der Waals surface area contributed by atoms with E-state index in [2.05, 4.69) is 4.74 Å². The fourth-order valence-corrected chi connectivity index (χ4v) is 4.58. The maximum atomic E-state index is 12.9. The minimum absolute atomic E-state index is 0.0207. The van der Waals surface area contributed by atoms with Crippen LogP contribution in [-0.4, -0.2) is 49.5 Å². The molecule has 2 atom stereocenters. The number of hydrogen-bond donors (Lipinski definition) is 1. The Balaban J connectivity index is 2.30. The molecule has 0 spiro atoms. The normalized spacial score (nSPS) is 22.1. The molecule has 1 aliphatic rings. The Morgan fingerprint density at radius 1 is 1.33 bits per heavy atom. The molecule has 1 saturated heterocycles. The number of ether oxygens (including phenoxy) is 1. The molecule has 1 aromatic carbocycles. The van der Waals surface area contributed by atoms with Gasteiger partial charge in [-0.3, -0.25) is 9.59 Å². The second-order valence-corrected chi connectivity index (χ2v) is 7.83. The zero-order valence-electron chi connectivity index (χ0n) is 13.6. The molecular formula is C16H21NO6S. The lowest BCUT2D eigenvalue weighted by molar-refractivity contribution is -0.143. The fourth-order valence-electron chi connectivity index (χ4n) is 2.80. The fraction of sp³-hybridized carbons (Fsp3) is 0.500. The summed E-state index contributed by atoms with van der Waals surface area (Å²) in [7, 11) is -2.56. The van der Waals surface area contributed by atoms with Crippen LogP contribution in [0.1, 0.15) is 25.3 Å². The van der Waals surface area contributed by atoms with E-state index in [1.807, 2.05) is 0 Å². The van der Waals surface area contributed by atoms with Crippen LogP contribution in [0.4, 0.5) is 0 Å². The third-order valence-electron chi connectivity index (χ3n) is 4.26. The lowest BCUT2D eigenvalue weighted by atomic mass is 9.96. The number of nitrogens with zero attached hydrogens (tertiary/aromatic N) is 1. The number of esters is 1. The first-order chi connectivity index (χ1) is 11.3. The zero-order valence-corrected chi connectivity index (χ0v) is 14.5. The van der Waals surface area contributed by atoms with Crippen molar-refractivity contribution in [2.45, 2.75) is 37.1 Å². The molecule has 1 N–H and O–H groups in total. The molecule has 0 radical (unpaired) electrons. The molecule has 0 amide bonds. The summed E-state index contributed by atoms with van der Waals surface area (Å²) in [6.07, 6.45) is 0.941. The number of carboxylic acid groups (broad SMARTS) is 1. The van der Waals surface area contributed by atoms with Gasteiger partial charge in [-0.1, -0.05) is 12.1 Å². The van der Waals surface area contributed by atoms with Crippen molar-refractivity contribution >= 4 is 22.0 Å². The van der Waals surface area contributed by atoms with Crippen molar-refractivity contribution in [2.24, 2.45) is 5.92 Å². The molecule has 1 heterocycles. The predicted octanol–water partition coefficient (Wildman–Crippen LogP) is 1.28. The first kappa shape index (κ1) is 18.4. The van der Waals surface area contributed by atoms with Crippen molar-refractivity contribution < 1.29 is 27.9 Å². The van der Waals surface area contributed by atoms with Crippen molar-refractivity contribution in [1.29, 1.82) is 0 Å². The van der Waals surface area contributed by atoms with E-state index >= 15 is 0 Å². The topological polar surface area (TPSA) is 101 Å². The second-order valence-electron chi connectivity index (χ2n) is 5.94. The highest BCUT2D eigenvalue weighted by atomic mass is 32.2. The molecule has 2 rings (SSSR count). The Kier molecular flexibility index (Phi) is 5.61. The summed E-state index contributed by atoms with van der Waals surface area (Å²) < 4.78 is 31.6. The van der Waals surface area contributed by atoms with Gasteiger partial charge in [0.15, 0.2) is 0 Å². The molecular weight excluding hydrogens is 334 g/mol. The molecule has 0 saturated carbocycles. The van der Waals surface area contributed by atoms with Crippen molar-refractivity contribution in [2.75, 3.05) is 13.7 Å². The van der Waals surface area contributed by atoms with Gasteiger partial charge in [0, 0.05) is 12.6 Å². The van der Waals surface area contributed by atoms with Crippen LogP contribution in [0, 0.1) is 5.92 Å². The number of rotatable bonds is 5. The Morgan fingerprint density at radius 2 is 2.04 bits per heavy atom. The molecule has 132 valence electrons. The molecule has 1 aliphatic heterocycles. The number of benzene rings is 1. The summed E-state index contributed by atoms with van der Waals surface area (Å²) in [5.41, 5.74) is 0.530. The summed E-state index contributed by atoms with van der Waals surface area (Å²) >= 11 is 0. The number of carboxylic acids is 1. The third kappa shape index (κ3) is 3.93. The van der Waals surface area contributed by atoms with E-state index in [0.29, 0.717) is 18.4 Å². The molecule has 1 fully saturated rings. The van der Waals surface area contributed by atoms with E-state index in [0.717, 1.165) is 0 Å². The molecule has 24 heavy (non-hydrogen) atoms. The zero-order chi connectivity index (χ0) is 17.9. The molecule has 0 bridgehead atoms. The molecule has 0 aromatic heterocycles.